The van der Waals surface area contributed by atoms with Crippen LogP contribution in [-0.4, -0.2) is 79.1 Å². The number of anilines is 1. The molecular weight excluding hydrogens is 459 g/mol. The van der Waals surface area contributed by atoms with Crippen molar-refractivity contribution in [1.29, 1.82) is 0 Å². The molecule has 1 amide bonds. The van der Waals surface area contributed by atoms with Crippen molar-refractivity contribution in [2.75, 3.05) is 51.3 Å². The second kappa shape index (κ2) is 10.1. The standard InChI is InChI=1S/C24H31FN4O6/c1-4-27(5-2)24(33)35-13-14-11-28(9-8-26-14)20-18(25)10-16-19(22(20)34-3)29(15-6-7-15)12-17(21(16)30)23(31)32/h10,12,14-15,26H,4-9,11,13H2,1-3H3,(H,31,32). The molecule has 190 valence electrons. The van der Waals surface area contributed by atoms with Crippen molar-refractivity contribution in [2.24, 2.45) is 0 Å². The number of nitrogens with zero attached hydrogens (tertiary/aromatic N) is 3. The molecule has 1 atom stereocenters. The van der Waals surface area contributed by atoms with Gasteiger partial charge in [0, 0.05) is 45.0 Å². The fourth-order valence-electron chi connectivity index (χ4n) is 4.61. The molecule has 1 aromatic heterocycles. The van der Waals surface area contributed by atoms with E-state index in [0.29, 0.717) is 38.2 Å². The van der Waals surface area contributed by atoms with E-state index in [4.69, 9.17) is 9.47 Å². The highest BCUT2D eigenvalue weighted by molar-refractivity contribution is 5.97. The molecule has 2 aliphatic rings. The van der Waals surface area contributed by atoms with Gasteiger partial charge in [-0.1, -0.05) is 0 Å². The number of carboxylic acids is 1. The second-order valence-corrected chi connectivity index (χ2v) is 8.80. The molecule has 0 radical (unpaired) electrons. The lowest BCUT2D eigenvalue weighted by atomic mass is 10.1. The van der Waals surface area contributed by atoms with Gasteiger partial charge in [-0.3, -0.25) is 4.79 Å². The van der Waals surface area contributed by atoms with Gasteiger partial charge in [0.25, 0.3) is 0 Å². The molecule has 4 rings (SSSR count). The predicted octanol–water partition coefficient (Wildman–Crippen LogP) is 2.44. The number of pyridine rings is 1. The van der Waals surface area contributed by atoms with E-state index in [1.165, 1.54) is 13.3 Å². The van der Waals surface area contributed by atoms with Crippen molar-refractivity contribution in [2.45, 2.75) is 38.8 Å². The van der Waals surface area contributed by atoms with Crippen LogP contribution in [0.15, 0.2) is 17.1 Å². The molecular formula is C24H31FN4O6. The Bertz CT molecular complexity index is 1190. The van der Waals surface area contributed by atoms with Crippen LogP contribution in [0.4, 0.5) is 14.9 Å². The fourth-order valence-corrected chi connectivity index (χ4v) is 4.61. The van der Waals surface area contributed by atoms with Gasteiger partial charge in [-0.25, -0.2) is 14.0 Å². The number of nitrogens with one attached hydrogen (secondary N) is 1. The third-order valence-electron chi connectivity index (χ3n) is 6.57. The first-order valence-corrected chi connectivity index (χ1v) is 11.9. The van der Waals surface area contributed by atoms with Gasteiger partial charge in [0.1, 0.15) is 17.9 Å². The number of carbonyl (C=O) groups excluding carboxylic acids is 1. The van der Waals surface area contributed by atoms with Crippen molar-refractivity contribution in [1.82, 2.24) is 14.8 Å². The van der Waals surface area contributed by atoms with Crippen molar-refractivity contribution in [3.8, 4) is 5.75 Å². The first kappa shape index (κ1) is 24.8. The van der Waals surface area contributed by atoms with Gasteiger partial charge >= 0.3 is 12.1 Å². The normalized spacial score (nSPS) is 17.9. The average molecular weight is 491 g/mol. The summed E-state index contributed by atoms with van der Waals surface area (Å²) in [5, 5.41) is 12.8. The molecule has 2 heterocycles. The summed E-state index contributed by atoms with van der Waals surface area (Å²) in [4.78, 5) is 40.1. The summed E-state index contributed by atoms with van der Waals surface area (Å²) in [6.45, 7) is 6.32. The number of halogens is 1. The molecule has 1 saturated heterocycles. The molecule has 2 aromatic rings. The van der Waals surface area contributed by atoms with Crippen molar-refractivity contribution in [3.05, 3.63) is 33.9 Å². The lowest BCUT2D eigenvalue weighted by Crippen LogP contribution is -2.53. The SMILES string of the molecule is CCN(CC)C(=O)OCC1CN(c2c(F)cc3c(=O)c(C(=O)O)cn(C4CC4)c3c2OC)CCN1. The zero-order chi connectivity index (χ0) is 25.3. The molecule has 10 nitrogen and oxygen atoms in total. The molecule has 2 N–H and O–H groups in total. The number of hydrogen-bond donors (Lipinski definition) is 2. The van der Waals surface area contributed by atoms with Crippen LogP contribution in [0, 0.1) is 5.82 Å². The molecule has 1 aliphatic carbocycles. The molecule has 0 bridgehead atoms. The van der Waals surface area contributed by atoms with Crippen LogP contribution in [-0.2, 0) is 4.74 Å². The number of ether oxygens (including phenoxy) is 2. The van der Waals surface area contributed by atoms with E-state index in [1.807, 2.05) is 18.7 Å². The van der Waals surface area contributed by atoms with Gasteiger partial charge < -0.3 is 34.3 Å². The Morgan fingerprint density at radius 3 is 2.60 bits per heavy atom. The number of fused-ring (bicyclic) bond motifs is 1. The Morgan fingerprint density at radius 1 is 1.29 bits per heavy atom. The molecule has 1 aromatic carbocycles. The van der Waals surface area contributed by atoms with E-state index < -0.39 is 28.9 Å². The first-order valence-electron chi connectivity index (χ1n) is 11.9. The van der Waals surface area contributed by atoms with E-state index >= 15 is 4.39 Å². The summed E-state index contributed by atoms with van der Waals surface area (Å²) in [5.74, 6) is -1.82. The topological polar surface area (TPSA) is 113 Å². The van der Waals surface area contributed by atoms with Crippen LogP contribution < -0.4 is 20.4 Å². The van der Waals surface area contributed by atoms with Crippen LogP contribution in [0.2, 0.25) is 0 Å². The maximum Gasteiger partial charge on any atom is 0.409 e. The number of benzene rings is 1. The number of aromatic carboxylic acids is 1. The van der Waals surface area contributed by atoms with Gasteiger partial charge in [0.15, 0.2) is 11.6 Å². The van der Waals surface area contributed by atoms with E-state index in [1.54, 1.807) is 9.47 Å². The minimum Gasteiger partial charge on any atom is -0.492 e. The lowest BCUT2D eigenvalue weighted by molar-refractivity contribution is 0.0694. The Balaban J connectivity index is 1.70. The first-order chi connectivity index (χ1) is 16.8. The molecule has 1 unspecified atom stereocenters. The zero-order valence-electron chi connectivity index (χ0n) is 20.2. The van der Waals surface area contributed by atoms with Crippen molar-refractivity contribution in [3.63, 3.8) is 0 Å². The highest BCUT2D eigenvalue weighted by Gasteiger charge is 2.32. The van der Waals surface area contributed by atoms with E-state index in [0.717, 1.165) is 18.9 Å². The number of aromatic nitrogens is 1. The summed E-state index contributed by atoms with van der Waals surface area (Å²) < 4.78 is 28.4. The minimum atomic E-state index is -1.35. The largest absolute Gasteiger partial charge is 0.492 e. The smallest absolute Gasteiger partial charge is 0.409 e. The zero-order valence-corrected chi connectivity index (χ0v) is 20.2. The van der Waals surface area contributed by atoms with Crippen molar-refractivity contribution >= 4 is 28.7 Å². The van der Waals surface area contributed by atoms with Gasteiger partial charge in [-0.05, 0) is 32.8 Å². The Labute approximate surface area is 202 Å². The van der Waals surface area contributed by atoms with Crippen LogP contribution in [0.3, 0.4) is 0 Å². The highest BCUT2D eigenvalue weighted by atomic mass is 19.1. The van der Waals surface area contributed by atoms with E-state index in [2.05, 4.69) is 5.32 Å². The van der Waals surface area contributed by atoms with Gasteiger partial charge in [0.05, 0.1) is 24.1 Å². The fraction of sp³-hybridized carbons (Fsp3) is 0.542. The highest BCUT2D eigenvalue weighted by Crippen LogP contribution is 2.43. The van der Waals surface area contributed by atoms with Gasteiger partial charge in [-0.15, -0.1) is 0 Å². The monoisotopic (exact) mass is 490 g/mol. The average Bonchev–Trinajstić information content (AvgIpc) is 3.68. The van der Waals surface area contributed by atoms with Gasteiger partial charge in [0.2, 0.25) is 5.43 Å². The van der Waals surface area contributed by atoms with E-state index in [9.17, 15) is 19.5 Å². The lowest BCUT2D eigenvalue weighted by Gasteiger charge is -2.36. The third-order valence-corrected chi connectivity index (χ3v) is 6.57. The molecule has 2 fully saturated rings. The number of piperazine rings is 1. The summed E-state index contributed by atoms with van der Waals surface area (Å²) in [7, 11) is 1.41. The Hall–Kier alpha value is -3.34. The second-order valence-electron chi connectivity index (χ2n) is 8.80. The summed E-state index contributed by atoms with van der Waals surface area (Å²) >= 11 is 0. The number of amides is 1. The number of carbonyl (C=O) groups is 2. The maximum absolute atomic E-state index is 15.5. The molecule has 0 spiro atoms. The third kappa shape index (κ3) is 4.77. The Morgan fingerprint density at radius 2 is 2.00 bits per heavy atom. The summed E-state index contributed by atoms with van der Waals surface area (Å²) in [6.07, 6.45) is 2.61. The number of rotatable bonds is 8. The predicted molar refractivity (Wildman–Crippen MR) is 128 cm³/mol. The van der Waals surface area contributed by atoms with Gasteiger partial charge in [-0.2, -0.15) is 0 Å². The molecule has 1 saturated carbocycles. The van der Waals surface area contributed by atoms with Crippen LogP contribution >= 0.6 is 0 Å². The molecule has 11 heteroatoms. The number of carboxylic acid groups (broad SMARTS) is 1. The maximum atomic E-state index is 15.5. The summed E-state index contributed by atoms with van der Waals surface area (Å²) in [5.41, 5.74) is -0.534. The molecule has 1 aliphatic heterocycles. The molecule has 35 heavy (non-hydrogen) atoms. The van der Waals surface area contributed by atoms with Crippen molar-refractivity contribution < 1.29 is 28.6 Å². The van der Waals surface area contributed by atoms with Crippen LogP contribution in [0.5, 0.6) is 5.75 Å². The van der Waals surface area contributed by atoms with E-state index in [-0.39, 0.29) is 35.5 Å². The minimum absolute atomic E-state index is 0.0188. The Kier molecular flexibility index (Phi) is 7.15. The quantitative estimate of drug-likeness (QED) is 0.580. The summed E-state index contributed by atoms with van der Waals surface area (Å²) in [6, 6.07) is 0.903. The number of hydrogen-bond acceptors (Lipinski definition) is 7. The van der Waals surface area contributed by atoms with Crippen LogP contribution in [0.25, 0.3) is 10.9 Å². The number of methoxy groups -OCH3 is 1. The van der Waals surface area contributed by atoms with Crippen LogP contribution in [0.1, 0.15) is 43.1 Å².